The van der Waals surface area contributed by atoms with Crippen LogP contribution < -0.4 is 0 Å². The number of carboxylic acid groups (broad SMARTS) is 1. The van der Waals surface area contributed by atoms with Gasteiger partial charge in [0.25, 0.3) is 0 Å². The van der Waals surface area contributed by atoms with Gasteiger partial charge in [0.05, 0.1) is 0 Å². The summed E-state index contributed by atoms with van der Waals surface area (Å²) in [5, 5.41) is 9.03. The number of nitrogens with zero attached hydrogens (tertiary/aromatic N) is 1. The van der Waals surface area contributed by atoms with Gasteiger partial charge in [-0.1, -0.05) is 0 Å². The van der Waals surface area contributed by atoms with Crippen molar-refractivity contribution in [3.05, 3.63) is 0 Å². The molecule has 1 aliphatic heterocycles. The van der Waals surface area contributed by atoms with Crippen LogP contribution in [0.1, 0.15) is 40.0 Å². The van der Waals surface area contributed by atoms with E-state index in [1.807, 2.05) is 0 Å². The maximum Gasteiger partial charge on any atom is 0.397 e. The Morgan fingerprint density at radius 3 is 2.33 bits per heavy atom. The second-order valence-electron chi connectivity index (χ2n) is 5.35. The number of piperidine rings is 1. The first-order chi connectivity index (χ1) is 8.22. The number of amides is 1. The Kier molecular flexibility index (Phi) is 4.32. The van der Waals surface area contributed by atoms with Gasteiger partial charge in [-0.3, -0.25) is 4.79 Å². The second kappa shape index (κ2) is 5.37. The smallest absolute Gasteiger partial charge is 0.397 e. The maximum atomic E-state index is 11.9. The molecule has 0 aromatic heterocycles. The van der Waals surface area contributed by atoms with Crippen molar-refractivity contribution in [2.45, 2.75) is 51.7 Å². The maximum absolute atomic E-state index is 11.9. The van der Waals surface area contributed by atoms with Crippen molar-refractivity contribution in [2.24, 2.45) is 0 Å². The normalized spacial score (nSPS) is 20.4. The summed E-state index contributed by atoms with van der Waals surface area (Å²) < 4.78 is 4.96. The molecule has 1 atom stereocenters. The summed E-state index contributed by atoms with van der Waals surface area (Å²) in [6, 6.07) is -0.918. The molecule has 1 aliphatic rings. The molecule has 0 spiro atoms. The van der Waals surface area contributed by atoms with Gasteiger partial charge in [0.15, 0.2) is 0 Å². The number of esters is 1. The first kappa shape index (κ1) is 14.5. The van der Waals surface area contributed by atoms with E-state index in [0.717, 1.165) is 11.3 Å². The summed E-state index contributed by atoms with van der Waals surface area (Å²) in [7, 11) is 0. The molecule has 6 heteroatoms. The van der Waals surface area contributed by atoms with Crippen molar-refractivity contribution in [1.29, 1.82) is 0 Å². The van der Waals surface area contributed by atoms with Crippen LogP contribution >= 0.6 is 0 Å². The van der Waals surface area contributed by atoms with Gasteiger partial charge in [-0.15, -0.1) is 0 Å². The van der Waals surface area contributed by atoms with Crippen molar-refractivity contribution in [1.82, 2.24) is 4.90 Å². The highest BCUT2D eigenvalue weighted by Gasteiger charge is 2.36. The van der Waals surface area contributed by atoms with E-state index in [9.17, 15) is 14.4 Å². The molecule has 1 amide bonds. The first-order valence-electron chi connectivity index (χ1n) is 5.99. The molecule has 1 N–H and O–H groups in total. The van der Waals surface area contributed by atoms with Crippen LogP contribution in [-0.2, 0) is 19.1 Å². The minimum atomic E-state index is -1.08. The third-order valence-electron chi connectivity index (χ3n) is 2.62. The number of likely N-dealkylation sites (tertiary alicyclic amines) is 1. The molecule has 6 nitrogen and oxygen atoms in total. The molecular formula is C12H19NO5. The van der Waals surface area contributed by atoms with E-state index in [2.05, 4.69) is 0 Å². The molecule has 0 bridgehead atoms. The van der Waals surface area contributed by atoms with E-state index in [0.29, 0.717) is 12.8 Å². The summed E-state index contributed by atoms with van der Waals surface area (Å²) >= 11 is 0. The lowest BCUT2D eigenvalue weighted by atomic mass is 10.0. The molecule has 0 aromatic rings. The molecule has 0 unspecified atom stereocenters. The van der Waals surface area contributed by atoms with Crippen molar-refractivity contribution in [2.75, 3.05) is 6.54 Å². The number of carboxylic acids is 1. The molecule has 0 aliphatic carbocycles. The SMILES string of the molecule is CC(C)(C)OC(=O)C(=O)N1CCCC[C@H]1C(=O)O. The summed E-state index contributed by atoms with van der Waals surface area (Å²) in [6.07, 6.45) is 1.83. The molecule has 1 fully saturated rings. The van der Waals surface area contributed by atoms with Gasteiger partial charge in [0.2, 0.25) is 0 Å². The summed E-state index contributed by atoms with van der Waals surface area (Å²) in [4.78, 5) is 35.6. The Balaban J connectivity index is 2.74. The number of rotatable bonds is 1. The second-order valence-corrected chi connectivity index (χ2v) is 5.35. The minimum absolute atomic E-state index is 0.287. The molecular weight excluding hydrogens is 238 g/mol. The lowest BCUT2D eigenvalue weighted by molar-refractivity contribution is -0.171. The largest absolute Gasteiger partial charge is 0.480 e. The molecule has 102 valence electrons. The van der Waals surface area contributed by atoms with Crippen molar-refractivity contribution < 1.29 is 24.2 Å². The molecule has 0 aromatic carbocycles. The highest BCUT2D eigenvalue weighted by atomic mass is 16.6. The van der Waals surface area contributed by atoms with Gasteiger partial charge >= 0.3 is 17.8 Å². The Morgan fingerprint density at radius 2 is 1.83 bits per heavy atom. The van der Waals surface area contributed by atoms with Gasteiger partial charge in [-0.05, 0) is 40.0 Å². The predicted molar refractivity (Wildman–Crippen MR) is 62.8 cm³/mol. The van der Waals surface area contributed by atoms with Gasteiger partial charge in [0.1, 0.15) is 11.6 Å². The molecule has 1 saturated heterocycles. The zero-order valence-corrected chi connectivity index (χ0v) is 10.9. The lowest BCUT2D eigenvalue weighted by Gasteiger charge is -2.32. The van der Waals surface area contributed by atoms with Crippen molar-refractivity contribution in [3.63, 3.8) is 0 Å². The Hall–Kier alpha value is -1.59. The fraction of sp³-hybridized carbons (Fsp3) is 0.750. The van der Waals surface area contributed by atoms with E-state index >= 15 is 0 Å². The summed E-state index contributed by atoms with van der Waals surface area (Å²) in [5.41, 5.74) is -0.763. The topological polar surface area (TPSA) is 83.9 Å². The summed E-state index contributed by atoms with van der Waals surface area (Å²) in [6.45, 7) is 5.25. The Labute approximate surface area is 106 Å². The fourth-order valence-electron chi connectivity index (χ4n) is 1.87. The molecule has 0 saturated carbocycles. The average molecular weight is 257 g/mol. The minimum Gasteiger partial charge on any atom is -0.480 e. The van der Waals surface area contributed by atoms with E-state index in [1.54, 1.807) is 20.8 Å². The van der Waals surface area contributed by atoms with Gasteiger partial charge in [-0.25, -0.2) is 9.59 Å². The fourth-order valence-corrected chi connectivity index (χ4v) is 1.87. The van der Waals surface area contributed by atoms with Crippen LogP contribution in [0.3, 0.4) is 0 Å². The lowest BCUT2D eigenvalue weighted by Crippen LogP contribution is -2.51. The first-order valence-corrected chi connectivity index (χ1v) is 5.99. The molecule has 1 rings (SSSR count). The van der Waals surface area contributed by atoms with Crippen LogP contribution in [0.15, 0.2) is 0 Å². The number of aliphatic carboxylic acids is 1. The number of ether oxygens (including phenoxy) is 1. The van der Waals surface area contributed by atoms with Crippen LogP contribution in [-0.4, -0.2) is 46.0 Å². The predicted octanol–water partition coefficient (Wildman–Crippen LogP) is 0.794. The number of carbonyl (C=O) groups is 3. The van der Waals surface area contributed by atoms with Gasteiger partial charge in [0, 0.05) is 6.54 Å². The van der Waals surface area contributed by atoms with Crippen molar-refractivity contribution in [3.8, 4) is 0 Å². The third-order valence-corrected chi connectivity index (χ3v) is 2.62. The van der Waals surface area contributed by atoms with Gasteiger partial charge < -0.3 is 14.7 Å². The van der Waals surface area contributed by atoms with Crippen LogP contribution in [0.5, 0.6) is 0 Å². The van der Waals surface area contributed by atoms with Crippen LogP contribution in [0.25, 0.3) is 0 Å². The standard InChI is InChI=1S/C12H19NO5/c1-12(2,3)18-11(17)9(14)13-7-5-4-6-8(13)10(15)16/h8H,4-7H2,1-3H3,(H,15,16)/t8-/m0/s1. The van der Waals surface area contributed by atoms with Crippen LogP contribution in [0, 0.1) is 0 Å². The quantitative estimate of drug-likeness (QED) is 0.554. The van der Waals surface area contributed by atoms with E-state index in [1.165, 1.54) is 0 Å². The van der Waals surface area contributed by atoms with Crippen LogP contribution in [0.4, 0.5) is 0 Å². The van der Waals surface area contributed by atoms with Crippen molar-refractivity contribution >= 4 is 17.8 Å². The van der Waals surface area contributed by atoms with Crippen LogP contribution in [0.2, 0.25) is 0 Å². The Bertz CT molecular complexity index is 358. The highest BCUT2D eigenvalue weighted by molar-refractivity contribution is 6.32. The monoisotopic (exact) mass is 257 g/mol. The average Bonchev–Trinajstić information content (AvgIpc) is 2.25. The highest BCUT2D eigenvalue weighted by Crippen LogP contribution is 2.18. The van der Waals surface area contributed by atoms with Gasteiger partial charge in [-0.2, -0.15) is 0 Å². The summed E-state index contributed by atoms with van der Waals surface area (Å²) in [5.74, 6) is -2.93. The number of carbonyl (C=O) groups excluding carboxylic acids is 2. The van der Waals surface area contributed by atoms with E-state index in [-0.39, 0.29) is 6.54 Å². The number of hydrogen-bond donors (Lipinski definition) is 1. The van der Waals surface area contributed by atoms with E-state index in [4.69, 9.17) is 9.84 Å². The molecule has 0 radical (unpaired) electrons. The molecule has 1 heterocycles. The Morgan fingerprint density at radius 1 is 1.22 bits per heavy atom. The zero-order valence-electron chi connectivity index (χ0n) is 10.9. The van der Waals surface area contributed by atoms with E-state index < -0.39 is 29.5 Å². The third kappa shape index (κ3) is 3.72. The number of hydrogen-bond acceptors (Lipinski definition) is 4. The molecule has 18 heavy (non-hydrogen) atoms. The zero-order chi connectivity index (χ0) is 13.9.